The molecule has 0 fully saturated rings. The summed E-state index contributed by atoms with van der Waals surface area (Å²) in [5, 5.41) is 0. The second-order valence-corrected chi connectivity index (χ2v) is 7.80. The molecule has 0 aliphatic carbocycles. The zero-order chi connectivity index (χ0) is 17.8. The molecule has 0 aliphatic heterocycles. The van der Waals surface area contributed by atoms with Crippen molar-refractivity contribution >= 4 is 17.3 Å². The van der Waals surface area contributed by atoms with Crippen molar-refractivity contribution in [2.24, 2.45) is 5.41 Å². The largest absolute Gasteiger partial charge is 0.399 e. The van der Waals surface area contributed by atoms with Gasteiger partial charge in [-0.15, -0.1) is 0 Å². The molecule has 0 saturated carbocycles. The Bertz CT molecular complexity index is 532. The van der Waals surface area contributed by atoms with Crippen LogP contribution in [-0.4, -0.2) is 30.9 Å². The predicted molar refractivity (Wildman–Crippen MR) is 99.6 cm³/mol. The number of nitrogens with zero attached hydrogens (tertiary/aromatic N) is 2. The molecule has 2 N–H and O–H groups in total. The molecule has 130 valence electrons. The average molecular weight is 319 g/mol. The molecule has 0 heterocycles. The van der Waals surface area contributed by atoms with Crippen molar-refractivity contribution in [3.8, 4) is 0 Å². The standard InChI is InChI=1S/C19H33N3O/c1-8-14(2)22(18(23)12-19(3,4)5)13-15-11-16(20)9-10-17(15)21(6)7/h9-11,14H,8,12-13,20H2,1-7H3/t14-/m1/s1. The van der Waals surface area contributed by atoms with Gasteiger partial charge < -0.3 is 15.5 Å². The first-order valence-electron chi connectivity index (χ1n) is 8.40. The van der Waals surface area contributed by atoms with Crippen LogP contribution in [0.5, 0.6) is 0 Å². The maximum atomic E-state index is 12.8. The van der Waals surface area contributed by atoms with Crippen molar-refractivity contribution in [1.29, 1.82) is 0 Å². The third-order valence-corrected chi connectivity index (χ3v) is 4.05. The Kier molecular flexibility index (Phi) is 6.48. The van der Waals surface area contributed by atoms with Crippen LogP contribution in [0.1, 0.15) is 53.0 Å². The summed E-state index contributed by atoms with van der Waals surface area (Å²) in [5.41, 5.74) is 8.89. The van der Waals surface area contributed by atoms with E-state index in [1.165, 1.54) is 0 Å². The van der Waals surface area contributed by atoms with Crippen LogP contribution in [-0.2, 0) is 11.3 Å². The zero-order valence-corrected chi connectivity index (χ0v) is 15.8. The third kappa shape index (κ3) is 5.77. The molecule has 1 atom stereocenters. The first kappa shape index (κ1) is 19.3. The third-order valence-electron chi connectivity index (χ3n) is 4.05. The molecular formula is C19H33N3O. The first-order chi connectivity index (χ1) is 10.5. The molecular weight excluding hydrogens is 286 g/mol. The lowest BCUT2D eigenvalue weighted by Gasteiger charge is -2.32. The Morgan fingerprint density at radius 2 is 1.87 bits per heavy atom. The van der Waals surface area contributed by atoms with Gasteiger partial charge in [0.2, 0.25) is 5.91 Å². The van der Waals surface area contributed by atoms with E-state index >= 15 is 0 Å². The molecule has 1 amide bonds. The Hall–Kier alpha value is -1.71. The fraction of sp³-hybridized carbons (Fsp3) is 0.632. The number of hydrogen-bond donors (Lipinski definition) is 1. The van der Waals surface area contributed by atoms with E-state index in [2.05, 4.69) is 39.5 Å². The van der Waals surface area contributed by atoms with Crippen molar-refractivity contribution in [2.75, 3.05) is 24.7 Å². The second-order valence-electron chi connectivity index (χ2n) is 7.80. The summed E-state index contributed by atoms with van der Waals surface area (Å²) in [7, 11) is 4.03. The average Bonchev–Trinajstić information content (AvgIpc) is 2.41. The molecule has 0 spiro atoms. The van der Waals surface area contributed by atoms with Gasteiger partial charge in [-0.25, -0.2) is 0 Å². The van der Waals surface area contributed by atoms with Crippen molar-refractivity contribution < 1.29 is 4.79 Å². The normalized spacial score (nSPS) is 12.8. The van der Waals surface area contributed by atoms with E-state index in [0.29, 0.717) is 13.0 Å². The summed E-state index contributed by atoms with van der Waals surface area (Å²) in [5.74, 6) is 0.207. The predicted octanol–water partition coefficient (Wildman–Crippen LogP) is 3.90. The molecule has 0 aliphatic rings. The van der Waals surface area contributed by atoms with Gasteiger partial charge in [0.1, 0.15) is 0 Å². The van der Waals surface area contributed by atoms with E-state index in [1.54, 1.807) is 0 Å². The number of nitrogens with two attached hydrogens (primary N) is 1. The Balaban J connectivity index is 3.11. The Morgan fingerprint density at radius 1 is 1.26 bits per heavy atom. The van der Waals surface area contributed by atoms with Gasteiger partial charge in [0, 0.05) is 44.5 Å². The van der Waals surface area contributed by atoms with E-state index in [4.69, 9.17) is 5.73 Å². The molecule has 0 saturated heterocycles. The highest BCUT2D eigenvalue weighted by molar-refractivity contribution is 5.77. The lowest BCUT2D eigenvalue weighted by atomic mass is 9.91. The van der Waals surface area contributed by atoms with Gasteiger partial charge in [-0.1, -0.05) is 27.7 Å². The van der Waals surface area contributed by atoms with Crippen LogP contribution in [0.4, 0.5) is 11.4 Å². The van der Waals surface area contributed by atoms with E-state index in [-0.39, 0.29) is 17.4 Å². The molecule has 23 heavy (non-hydrogen) atoms. The molecule has 4 heteroatoms. The molecule has 0 unspecified atom stereocenters. The zero-order valence-electron chi connectivity index (χ0n) is 15.8. The maximum Gasteiger partial charge on any atom is 0.223 e. The van der Waals surface area contributed by atoms with Gasteiger partial charge in [-0.05, 0) is 42.5 Å². The van der Waals surface area contributed by atoms with Crippen LogP contribution in [0.2, 0.25) is 0 Å². The second kappa shape index (κ2) is 7.71. The maximum absolute atomic E-state index is 12.8. The van der Waals surface area contributed by atoms with Crippen molar-refractivity contribution in [3.63, 3.8) is 0 Å². The van der Waals surface area contributed by atoms with Gasteiger partial charge in [0.25, 0.3) is 0 Å². The molecule has 0 bridgehead atoms. The minimum atomic E-state index is -0.0110. The molecule has 1 rings (SSSR count). The number of anilines is 2. The van der Waals surface area contributed by atoms with Crippen LogP contribution in [0, 0.1) is 5.41 Å². The lowest BCUT2D eigenvalue weighted by Crippen LogP contribution is -2.39. The van der Waals surface area contributed by atoms with Crippen LogP contribution in [0.3, 0.4) is 0 Å². The summed E-state index contributed by atoms with van der Waals surface area (Å²) < 4.78 is 0. The van der Waals surface area contributed by atoms with Crippen molar-refractivity contribution in [1.82, 2.24) is 4.90 Å². The molecule has 4 nitrogen and oxygen atoms in total. The van der Waals surface area contributed by atoms with E-state index in [0.717, 1.165) is 23.4 Å². The van der Waals surface area contributed by atoms with Gasteiger partial charge in [0.05, 0.1) is 0 Å². The van der Waals surface area contributed by atoms with E-state index in [1.807, 2.05) is 37.2 Å². The van der Waals surface area contributed by atoms with E-state index in [9.17, 15) is 4.79 Å². The Labute approximate surface area is 141 Å². The number of benzene rings is 1. The highest BCUT2D eigenvalue weighted by Crippen LogP contribution is 2.27. The monoisotopic (exact) mass is 319 g/mol. The van der Waals surface area contributed by atoms with Gasteiger partial charge in [-0.2, -0.15) is 0 Å². The number of carbonyl (C=O) groups is 1. The molecule has 1 aromatic carbocycles. The van der Waals surface area contributed by atoms with Crippen LogP contribution >= 0.6 is 0 Å². The highest BCUT2D eigenvalue weighted by atomic mass is 16.2. The summed E-state index contributed by atoms with van der Waals surface area (Å²) >= 11 is 0. The minimum Gasteiger partial charge on any atom is -0.399 e. The number of hydrogen-bond acceptors (Lipinski definition) is 3. The number of nitrogen functional groups attached to an aromatic ring is 1. The smallest absolute Gasteiger partial charge is 0.223 e. The number of amides is 1. The first-order valence-corrected chi connectivity index (χ1v) is 8.40. The summed E-state index contributed by atoms with van der Waals surface area (Å²) in [6.07, 6.45) is 1.49. The number of rotatable bonds is 6. The molecule has 1 aromatic rings. The summed E-state index contributed by atoms with van der Waals surface area (Å²) in [6, 6.07) is 6.12. The van der Waals surface area contributed by atoms with Crippen LogP contribution < -0.4 is 10.6 Å². The van der Waals surface area contributed by atoms with Crippen molar-refractivity contribution in [3.05, 3.63) is 23.8 Å². The SMILES string of the molecule is CC[C@@H](C)N(Cc1cc(N)ccc1N(C)C)C(=O)CC(C)(C)C. The van der Waals surface area contributed by atoms with E-state index < -0.39 is 0 Å². The summed E-state index contributed by atoms with van der Waals surface area (Å²) in [6.45, 7) is 11.1. The van der Waals surface area contributed by atoms with Crippen LogP contribution in [0.25, 0.3) is 0 Å². The lowest BCUT2D eigenvalue weighted by molar-refractivity contribution is -0.135. The summed E-state index contributed by atoms with van der Waals surface area (Å²) in [4.78, 5) is 16.9. The van der Waals surface area contributed by atoms with Gasteiger partial charge in [-0.3, -0.25) is 4.79 Å². The Morgan fingerprint density at radius 3 is 2.35 bits per heavy atom. The quantitative estimate of drug-likeness (QED) is 0.809. The highest BCUT2D eigenvalue weighted by Gasteiger charge is 2.25. The molecule has 0 radical (unpaired) electrons. The fourth-order valence-electron chi connectivity index (χ4n) is 2.62. The van der Waals surface area contributed by atoms with Crippen LogP contribution in [0.15, 0.2) is 18.2 Å². The topological polar surface area (TPSA) is 49.6 Å². The van der Waals surface area contributed by atoms with Gasteiger partial charge >= 0.3 is 0 Å². The minimum absolute atomic E-state index is 0.0110. The van der Waals surface area contributed by atoms with Gasteiger partial charge in [0.15, 0.2) is 0 Å². The fourth-order valence-corrected chi connectivity index (χ4v) is 2.62. The molecule has 0 aromatic heterocycles. The number of carbonyl (C=O) groups excluding carboxylic acids is 1. The van der Waals surface area contributed by atoms with Crippen molar-refractivity contribution in [2.45, 2.75) is 60.0 Å².